The minimum atomic E-state index is -0.853. The summed E-state index contributed by atoms with van der Waals surface area (Å²) < 4.78 is 0. The van der Waals surface area contributed by atoms with E-state index in [1.807, 2.05) is 107 Å². The zero-order valence-electron chi connectivity index (χ0n) is 19.5. The summed E-state index contributed by atoms with van der Waals surface area (Å²) in [6, 6.07) is 27.7. The lowest BCUT2D eigenvalue weighted by Gasteiger charge is -2.34. The normalized spacial score (nSPS) is 26.9. The molecular weight excluding hydrogens is 436 g/mol. The van der Waals surface area contributed by atoms with Gasteiger partial charge in [0.25, 0.3) is 0 Å². The number of aliphatic hydroxyl groups is 1. The summed E-state index contributed by atoms with van der Waals surface area (Å²) in [5.41, 5.74) is 3.17. The number of likely N-dealkylation sites (tertiary alicyclic amines) is 1. The molecule has 5 heteroatoms. The van der Waals surface area contributed by atoms with Crippen LogP contribution in [0.4, 0.5) is 5.69 Å². The molecule has 0 aromatic heterocycles. The first kappa shape index (κ1) is 21.8. The molecule has 2 aliphatic heterocycles. The molecule has 5 nitrogen and oxygen atoms in total. The van der Waals surface area contributed by atoms with E-state index in [9.17, 15) is 14.7 Å². The van der Waals surface area contributed by atoms with Gasteiger partial charge in [-0.15, -0.1) is 0 Å². The Morgan fingerprint density at radius 2 is 1.46 bits per heavy atom. The first-order valence-corrected chi connectivity index (χ1v) is 12.2. The van der Waals surface area contributed by atoms with Gasteiger partial charge in [-0.05, 0) is 29.2 Å². The van der Waals surface area contributed by atoms with Gasteiger partial charge in [0.15, 0.2) is 0 Å². The van der Waals surface area contributed by atoms with Crippen LogP contribution >= 0.6 is 0 Å². The van der Waals surface area contributed by atoms with Gasteiger partial charge in [-0.25, -0.2) is 0 Å². The van der Waals surface area contributed by atoms with Crippen LogP contribution in [0.1, 0.15) is 23.1 Å². The second-order valence-corrected chi connectivity index (χ2v) is 9.82. The predicted octanol–water partition coefficient (Wildman–Crippen LogP) is 4.07. The Balaban J connectivity index is 1.41. The Bertz CT molecular complexity index is 1290. The molecule has 0 saturated carbocycles. The van der Waals surface area contributed by atoms with Crippen molar-refractivity contribution in [1.29, 1.82) is 0 Å². The monoisotopic (exact) mass is 464 g/mol. The fourth-order valence-corrected chi connectivity index (χ4v) is 6.20. The maximum atomic E-state index is 14.2. The van der Waals surface area contributed by atoms with Crippen molar-refractivity contribution < 1.29 is 14.7 Å². The summed E-state index contributed by atoms with van der Waals surface area (Å²) in [7, 11) is 0. The fourth-order valence-electron chi connectivity index (χ4n) is 6.20. The van der Waals surface area contributed by atoms with E-state index in [-0.39, 0.29) is 30.4 Å². The zero-order valence-corrected chi connectivity index (χ0v) is 19.5. The molecule has 3 aromatic rings. The molecule has 1 fully saturated rings. The quantitative estimate of drug-likeness (QED) is 0.579. The molecule has 0 radical (unpaired) electrons. The van der Waals surface area contributed by atoms with Crippen LogP contribution in [-0.4, -0.2) is 34.5 Å². The van der Waals surface area contributed by atoms with Crippen molar-refractivity contribution in [2.24, 2.45) is 11.8 Å². The van der Waals surface area contributed by atoms with E-state index in [1.54, 1.807) is 0 Å². The second-order valence-electron chi connectivity index (χ2n) is 9.82. The highest BCUT2D eigenvalue weighted by Crippen LogP contribution is 2.51. The number of rotatable bonds is 5. The van der Waals surface area contributed by atoms with Gasteiger partial charge in [-0.1, -0.05) is 91.0 Å². The summed E-state index contributed by atoms with van der Waals surface area (Å²) in [6.07, 6.45) is 4.32. The molecule has 1 unspecified atom stereocenters. The van der Waals surface area contributed by atoms with Crippen molar-refractivity contribution in [3.05, 3.63) is 114 Å². The number of amides is 2. The molecule has 2 amide bonds. The van der Waals surface area contributed by atoms with Gasteiger partial charge in [-0.3, -0.25) is 9.59 Å². The minimum Gasteiger partial charge on any atom is -0.396 e. The van der Waals surface area contributed by atoms with E-state index in [4.69, 9.17) is 0 Å². The number of hydrogen-bond donors (Lipinski definition) is 1. The van der Waals surface area contributed by atoms with Crippen molar-refractivity contribution >= 4 is 17.5 Å². The first-order valence-electron chi connectivity index (χ1n) is 12.2. The lowest BCUT2D eigenvalue weighted by Crippen LogP contribution is -2.46. The van der Waals surface area contributed by atoms with E-state index in [0.717, 1.165) is 22.4 Å². The Hall–Kier alpha value is -3.70. The molecule has 4 atom stereocenters. The number of nitrogens with zero attached hydrogens (tertiary/aromatic N) is 2. The Morgan fingerprint density at radius 3 is 2.14 bits per heavy atom. The Kier molecular flexibility index (Phi) is 5.30. The maximum absolute atomic E-state index is 14.2. The van der Waals surface area contributed by atoms with Crippen LogP contribution in [0.25, 0.3) is 0 Å². The summed E-state index contributed by atoms with van der Waals surface area (Å²) in [5.74, 6) is -0.583. The van der Waals surface area contributed by atoms with Crippen molar-refractivity contribution in [1.82, 2.24) is 4.90 Å². The predicted molar refractivity (Wildman–Crippen MR) is 134 cm³/mol. The van der Waals surface area contributed by atoms with Crippen LogP contribution in [0.3, 0.4) is 0 Å². The standard InChI is InChI=1S/C30H28N2O3/c33-20-24-23-15-16-30(17-27(24)31(28(23)34)18-21-9-3-1-4-10-21)25-13-7-8-14-26(25)32(29(30)35)19-22-11-5-2-6-12-22/h1-16,23-24,27,33H,17-20H2/t23-,24+,27+,30?/m0/s1. The third-order valence-electron chi connectivity index (χ3n) is 7.94. The SMILES string of the molecule is O=C1[C@H]2C=CC3(C[C@H]([C@@H]2CO)N1Cc1ccccc1)C(=O)N(Cc1ccccc1)c1ccccc13. The topological polar surface area (TPSA) is 60.9 Å². The van der Waals surface area contributed by atoms with Crippen LogP contribution in [0, 0.1) is 11.8 Å². The number of benzene rings is 3. The van der Waals surface area contributed by atoms with Crippen molar-refractivity contribution in [3.63, 3.8) is 0 Å². The number of aliphatic hydroxyl groups excluding tert-OH is 1. The van der Waals surface area contributed by atoms with Crippen molar-refractivity contribution in [3.8, 4) is 0 Å². The van der Waals surface area contributed by atoms with Crippen LogP contribution in [0.2, 0.25) is 0 Å². The summed E-state index contributed by atoms with van der Waals surface area (Å²) in [4.78, 5) is 31.4. The molecule has 1 N–H and O–H groups in total. The van der Waals surface area contributed by atoms with Crippen LogP contribution in [0.15, 0.2) is 97.1 Å². The fraction of sp³-hybridized carbons (Fsp3) is 0.267. The highest BCUT2D eigenvalue weighted by atomic mass is 16.3. The molecule has 3 aromatic carbocycles. The summed E-state index contributed by atoms with van der Waals surface area (Å²) in [5, 5.41) is 10.3. The number of fused-ring (bicyclic) bond motifs is 4. The number of anilines is 1. The third kappa shape index (κ3) is 3.41. The lowest BCUT2D eigenvalue weighted by molar-refractivity contribution is -0.132. The van der Waals surface area contributed by atoms with Gasteiger partial charge >= 0.3 is 0 Å². The van der Waals surface area contributed by atoms with E-state index in [0.29, 0.717) is 19.5 Å². The molecule has 2 heterocycles. The highest BCUT2D eigenvalue weighted by molar-refractivity contribution is 6.10. The first-order chi connectivity index (χ1) is 17.1. The van der Waals surface area contributed by atoms with Crippen LogP contribution in [-0.2, 0) is 28.1 Å². The van der Waals surface area contributed by atoms with Crippen LogP contribution in [0.5, 0.6) is 0 Å². The van der Waals surface area contributed by atoms with E-state index < -0.39 is 11.3 Å². The number of hydrogen-bond acceptors (Lipinski definition) is 3. The smallest absolute Gasteiger partial charge is 0.241 e. The Morgan fingerprint density at radius 1 is 0.829 bits per heavy atom. The molecule has 1 saturated heterocycles. The third-order valence-corrected chi connectivity index (χ3v) is 7.94. The second kappa shape index (κ2) is 8.51. The average molecular weight is 465 g/mol. The summed E-state index contributed by atoms with van der Waals surface area (Å²) in [6.45, 7) is 0.887. The number of carbonyl (C=O) groups is 2. The lowest BCUT2D eigenvalue weighted by atomic mass is 9.75. The highest BCUT2D eigenvalue weighted by Gasteiger charge is 2.57. The molecule has 1 aliphatic carbocycles. The number of carbonyl (C=O) groups excluding carboxylic acids is 2. The van der Waals surface area contributed by atoms with Gasteiger partial charge in [0, 0.05) is 30.8 Å². The van der Waals surface area contributed by atoms with Crippen molar-refractivity contribution in [2.75, 3.05) is 11.5 Å². The molecular formula is C30H28N2O3. The van der Waals surface area contributed by atoms with E-state index in [1.165, 1.54) is 0 Å². The summed E-state index contributed by atoms with van der Waals surface area (Å²) >= 11 is 0. The molecule has 3 aliphatic rings. The maximum Gasteiger partial charge on any atom is 0.241 e. The van der Waals surface area contributed by atoms with Gasteiger partial charge in [0.2, 0.25) is 11.8 Å². The largest absolute Gasteiger partial charge is 0.396 e. The molecule has 2 bridgehead atoms. The molecule has 6 rings (SSSR count). The van der Waals surface area contributed by atoms with Gasteiger partial charge in [-0.2, -0.15) is 0 Å². The average Bonchev–Trinajstić information content (AvgIpc) is 3.17. The van der Waals surface area contributed by atoms with Gasteiger partial charge in [0.05, 0.1) is 17.9 Å². The van der Waals surface area contributed by atoms with Gasteiger partial charge < -0.3 is 14.9 Å². The molecule has 176 valence electrons. The molecule has 1 spiro atoms. The Labute approximate surface area is 205 Å². The molecule has 35 heavy (non-hydrogen) atoms. The van der Waals surface area contributed by atoms with Crippen LogP contribution < -0.4 is 4.90 Å². The van der Waals surface area contributed by atoms with Gasteiger partial charge in [0.1, 0.15) is 0 Å². The number of para-hydroxylation sites is 1. The van der Waals surface area contributed by atoms with E-state index in [2.05, 4.69) is 0 Å². The van der Waals surface area contributed by atoms with Crippen molar-refractivity contribution in [2.45, 2.75) is 31.0 Å². The minimum absolute atomic E-state index is 0.0314. The van der Waals surface area contributed by atoms with E-state index >= 15 is 0 Å². The zero-order chi connectivity index (χ0) is 24.0.